The van der Waals surface area contributed by atoms with Gasteiger partial charge in [0, 0.05) is 32.1 Å². The molecular weight excluding hydrogens is 253 g/mol. The lowest BCUT2D eigenvalue weighted by atomic mass is 9.90. The van der Waals surface area contributed by atoms with Gasteiger partial charge in [-0.2, -0.15) is 13.2 Å². The van der Waals surface area contributed by atoms with Crippen molar-refractivity contribution in [3.63, 3.8) is 0 Å². The summed E-state index contributed by atoms with van der Waals surface area (Å²) in [7, 11) is 1.75. The molecule has 0 saturated carbocycles. The van der Waals surface area contributed by atoms with Crippen molar-refractivity contribution in [3.05, 3.63) is 35.4 Å². The number of likely N-dealkylation sites (N-methyl/N-ethyl adjacent to an activating group) is 1. The first-order chi connectivity index (χ1) is 8.96. The van der Waals surface area contributed by atoms with E-state index in [2.05, 4.69) is 17.4 Å². The van der Waals surface area contributed by atoms with E-state index in [1.54, 1.807) is 11.9 Å². The number of hydrogen-bond acceptors (Lipinski definition) is 2. The molecule has 1 atom stereocenters. The van der Waals surface area contributed by atoms with E-state index < -0.39 is 12.6 Å². The Labute approximate surface area is 111 Å². The van der Waals surface area contributed by atoms with Gasteiger partial charge in [-0.1, -0.05) is 24.3 Å². The highest BCUT2D eigenvalue weighted by Gasteiger charge is 2.28. The van der Waals surface area contributed by atoms with Gasteiger partial charge in [0.15, 0.2) is 0 Å². The Hall–Kier alpha value is -1.07. The van der Waals surface area contributed by atoms with Gasteiger partial charge in [0.25, 0.3) is 0 Å². The fourth-order valence-electron chi connectivity index (χ4n) is 2.53. The summed E-state index contributed by atoms with van der Waals surface area (Å²) in [5.41, 5.74) is 2.52. The zero-order valence-electron chi connectivity index (χ0n) is 11.0. The van der Waals surface area contributed by atoms with E-state index in [-0.39, 0.29) is 12.5 Å². The largest absolute Gasteiger partial charge is 0.390 e. The molecule has 1 aromatic carbocycles. The zero-order chi connectivity index (χ0) is 13.9. The number of hydrogen-bond donors (Lipinski definition) is 1. The summed E-state index contributed by atoms with van der Waals surface area (Å²) in [5, 5.41) is 3.32. The van der Waals surface area contributed by atoms with Gasteiger partial charge in [-0.05, 0) is 18.2 Å². The average Bonchev–Trinajstić information content (AvgIpc) is 2.36. The predicted molar refractivity (Wildman–Crippen MR) is 69.1 cm³/mol. The molecular formula is C14H19F3N2. The normalized spacial score (nSPS) is 19.5. The van der Waals surface area contributed by atoms with E-state index in [0.717, 1.165) is 13.1 Å². The monoisotopic (exact) mass is 272 g/mol. The minimum atomic E-state index is -4.07. The topological polar surface area (TPSA) is 15.3 Å². The van der Waals surface area contributed by atoms with E-state index in [4.69, 9.17) is 0 Å². The third-order valence-electron chi connectivity index (χ3n) is 3.51. The van der Waals surface area contributed by atoms with Crippen LogP contribution >= 0.6 is 0 Å². The highest BCUT2D eigenvalue weighted by Crippen LogP contribution is 2.25. The Morgan fingerprint density at radius 3 is 2.79 bits per heavy atom. The van der Waals surface area contributed by atoms with Gasteiger partial charge in [0.1, 0.15) is 0 Å². The first-order valence-electron chi connectivity index (χ1n) is 6.49. The molecule has 0 fully saturated rings. The van der Waals surface area contributed by atoms with Crippen LogP contribution in [-0.2, 0) is 6.54 Å². The van der Waals surface area contributed by atoms with Gasteiger partial charge in [-0.25, -0.2) is 0 Å². The van der Waals surface area contributed by atoms with Crippen molar-refractivity contribution in [2.24, 2.45) is 0 Å². The number of rotatable bonds is 4. The van der Waals surface area contributed by atoms with Crippen LogP contribution in [-0.4, -0.2) is 37.8 Å². The molecule has 0 bridgehead atoms. The third kappa shape index (κ3) is 4.21. The standard InChI is InChI=1S/C14H19F3N2/c1-19(7-6-14(15,16)17)10-12-9-18-8-11-4-2-3-5-13(11)12/h2-5,12,18H,6-10H2,1H3. The summed E-state index contributed by atoms with van der Waals surface area (Å²) in [5.74, 6) is 0.267. The highest BCUT2D eigenvalue weighted by atomic mass is 19.4. The molecule has 2 rings (SSSR count). The maximum absolute atomic E-state index is 12.2. The molecule has 106 valence electrons. The van der Waals surface area contributed by atoms with Gasteiger partial charge in [0.2, 0.25) is 0 Å². The molecule has 0 aromatic heterocycles. The summed E-state index contributed by atoms with van der Waals surface area (Å²) in [6, 6.07) is 8.14. The smallest absolute Gasteiger partial charge is 0.312 e. The van der Waals surface area contributed by atoms with Crippen LogP contribution in [0.25, 0.3) is 0 Å². The molecule has 1 aliphatic rings. The molecule has 0 saturated heterocycles. The number of halogens is 3. The molecule has 1 heterocycles. The lowest BCUT2D eigenvalue weighted by Crippen LogP contribution is -2.36. The van der Waals surface area contributed by atoms with Gasteiger partial charge < -0.3 is 10.2 Å². The van der Waals surface area contributed by atoms with Crippen LogP contribution in [0, 0.1) is 0 Å². The number of benzene rings is 1. The Bertz CT molecular complexity index is 417. The van der Waals surface area contributed by atoms with Gasteiger partial charge >= 0.3 is 6.18 Å². The van der Waals surface area contributed by atoms with E-state index in [1.165, 1.54) is 11.1 Å². The van der Waals surface area contributed by atoms with Crippen molar-refractivity contribution in [2.75, 3.05) is 26.7 Å². The van der Waals surface area contributed by atoms with E-state index >= 15 is 0 Å². The van der Waals surface area contributed by atoms with Crippen LogP contribution in [0.5, 0.6) is 0 Å². The highest BCUT2D eigenvalue weighted by molar-refractivity contribution is 5.32. The number of nitrogens with one attached hydrogen (secondary N) is 1. The summed E-state index contributed by atoms with van der Waals surface area (Å²) < 4.78 is 36.6. The molecule has 1 N–H and O–H groups in total. The fourth-order valence-corrected chi connectivity index (χ4v) is 2.53. The molecule has 0 amide bonds. The van der Waals surface area contributed by atoms with Crippen molar-refractivity contribution in [1.82, 2.24) is 10.2 Å². The number of fused-ring (bicyclic) bond motifs is 1. The Morgan fingerprint density at radius 1 is 1.32 bits per heavy atom. The minimum Gasteiger partial charge on any atom is -0.312 e. The van der Waals surface area contributed by atoms with Crippen LogP contribution in [0.2, 0.25) is 0 Å². The first kappa shape index (κ1) is 14.3. The summed E-state index contributed by atoms with van der Waals surface area (Å²) >= 11 is 0. The summed E-state index contributed by atoms with van der Waals surface area (Å²) in [6.07, 6.45) is -4.82. The van der Waals surface area contributed by atoms with Crippen LogP contribution in [0.1, 0.15) is 23.5 Å². The van der Waals surface area contributed by atoms with Crippen molar-refractivity contribution < 1.29 is 13.2 Å². The van der Waals surface area contributed by atoms with Crippen molar-refractivity contribution in [3.8, 4) is 0 Å². The second-order valence-electron chi connectivity index (χ2n) is 5.15. The van der Waals surface area contributed by atoms with Crippen molar-refractivity contribution in [1.29, 1.82) is 0 Å². The van der Waals surface area contributed by atoms with Gasteiger partial charge in [0.05, 0.1) is 6.42 Å². The van der Waals surface area contributed by atoms with E-state index in [9.17, 15) is 13.2 Å². The second-order valence-corrected chi connectivity index (χ2v) is 5.15. The molecule has 0 aliphatic carbocycles. The Balaban J connectivity index is 1.93. The Kier molecular flexibility index (Phi) is 4.47. The molecule has 5 heteroatoms. The van der Waals surface area contributed by atoms with Crippen LogP contribution in [0.4, 0.5) is 13.2 Å². The maximum atomic E-state index is 12.2. The number of alkyl halides is 3. The summed E-state index contributed by atoms with van der Waals surface area (Å²) in [6.45, 7) is 2.38. The van der Waals surface area contributed by atoms with Gasteiger partial charge in [-0.15, -0.1) is 0 Å². The molecule has 0 radical (unpaired) electrons. The summed E-state index contributed by atoms with van der Waals surface area (Å²) in [4.78, 5) is 1.77. The van der Waals surface area contributed by atoms with E-state index in [0.29, 0.717) is 6.54 Å². The molecule has 2 nitrogen and oxygen atoms in total. The average molecular weight is 272 g/mol. The molecule has 19 heavy (non-hydrogen) atoms. The van der Waals surface area contributed by atoms with Crippen LogP contribution in [0.3, 0.4) is 0 Å². The van der Waals surface area contributed by atoms with Crippen LogP contribution in [0.15, 0.2) is 24.3 Å². The van der Waals surface area contributed by atoms with Crippen LogP contribution < -0.4 is 5.32 Å². The lowest BCUT2D eigenvalue weighted by molar-refractivity contribution is -0.137. The minimum absolute atomic E-state index is 0.0577. The first-order valence-corrected chi connectivity index (χ1v) is 6.49. The predicted octanol–water partition coefficient (Wildman–Crippen LogP) is 2.76. The maximum Gasteiger partial charge on any atom is 0.390 e. The zero-order valence-corrected chi connectivity index (χ0v) is 11.0. The van der Waals surface area contributed by atoms with Gasteiger partial charge in [-0.3, -0.25) is 0 Å². The fraction of sp³-hybridized carbons (Fsp3) is 0.571. The SMILES string of the molecule is CN(CCC(F)(F)F)CC1CNCc2ccccc21. The molecule has 1 unspecified atom stereocenters. The molecule has 1 aliphatic heterocycles. The number of nitrogens with zero attached hydrogens (tertiary/aromatic N) is 1. The van der Waals surface area contributed by atoms with Crippen molar-refractivity contribution in [2.45, 2.75) is 25.1 Å². The molecule has 0 spiro atoms. The van der Waals surface area contributed by atoms with Crippen molar-refractivity contribution >= 4 is 0 Å². The van der Waals surface area contributed by atoms with E-state index in [1.807, 2.05) is 12.1 Å². The quantitative estimate of drug-likeness (QED) is 0.906. The Morgan fingerprint density at radius 2 is 2.05 bits per heavy atom. The lowest BCUT2D eigenvalue weighted by Gasteiger charge is -2.30. The second kappa shape index (κ2) is 5.92. The molecule has 1 aromatic rings. The third-order valence-corrected chi connectivity index (χ3v) is 3.51.